The molecule has 2 aromatic carbocycles. The second-order valence-corrected chi connectivity index (χ2v) is 7.13. The first-order chi connectivity index (χ1) is 13.1. The highest BCUT2D eigenvalue weighted by Crippen LogP contribution is 2.26. The molecule has 1 heterocycles. The van der Waals surface area contributed by atoms with Crippen LogP contribution in [0.4, 0.5) is 5.69 Å². The molecule has 1 unspecified atom stereocenters. The molecule has 1 saturated heterocycles. The number of carbonyl (C=O) groups excluding carboxylic acids is 1. The number of hydrogen-bond acceptors (Lipinski definition) is 4. The lowest BCUT2D eigenvalue weighted by atomic mass is 10.1. The normalized spacial score (nSPS) is 16.0. The molecule has 3 rings (SSSR count). The van der Waals surface area contributed by atoms with Crippen molar-refractivity contribution in [2.45, 2.75) is 19.5 Å². The van der Waals surface area contributed by atoms with E-state index in [0.717, 1.165) is 48.2 Å². The van der Waals surface area contributed by atoms with Crippen molar-refractivity contribution in [3.8, 4) is 5.75 Å². The first-order valence-electron chi connectivity index (χ1n) is 9.22. The first kappa shape index (κ1) is 19.5. The molecule has 1 fully saturated rings. The Balaban J connectivity index is 1.50. The zero-order chi connectivity index (χ0) is 19.2. The Morgan fingerprint density at radius 1 is 1.15 bits per heavy atom. The number of piperazine rings is 1. The number of carbonyl (C=O) groups is 1. The predicted octanol–water partition coefficient (Wildman–Crippen LogP) is 3.18. The number of benzene rings is 2. The van der Waals surface area contributed by atoms with Crippen LogP contribution in [-0.4, -0.2) is 50.1 Å². The largest absolute Gasteiger partial charge is 0.497 e. The van der Waals surface area contributed by atoms with Gasteiger partial charge in [0.05, 0.1) is 23.9 Å². The quantitative estimate of drug-likeness (QED) is 0.826. The molecule has 1 aliphatic heterocycles. The molecule has 144 valence electrons. The van der Waals surface area contributed by atoms with Gasteiger partial charge in [0.15, 0.2) is 0 Å². The molecule has 1 atom stereocenters. The van der Waals surface area contributed by atoms with E-state index in [1.54, 1.807) is 7.11 Å². The van der Waals surface area contributed by atoms with E-state index in [4.69, 9.17) is 16.3 Å². The van der Waals surface area contributed by atoms with E-state index >= 15 is 0 Å². The molecule has 5 nitrogen and oxygen atoms in total. The summed E-state index contributed by atoms with van der Waals surface area (Å²) in [6.45, 7) is 5.85. The number of amides is 1. The van der Waals surface area contributed by atoms with Gasteiger partial charge in [0.1, 0.15) is 5.75 Å². The van der Waals surface area contributed by atoms with Gasteiger partial charge in [0, 0.05) is 32.7 Å². The molecule has 0 radical (unpaired) electrons. The van der Waals surface area contributed by atoms with Crippen molar-refractivity contribution >= 4 is 23.2 Å². The lowest BCUT2D eigenvalue weighted by Crippen LogP contribution is -2.53. The Hall–Kier alpha value is -2.24. The molecule has 0 aromatic heterocycles. The maximum absolute atomic E-state index is 12.6. The molecule has 0 aliphatic carbocycles. The number of halogens is 1. The van der Waals surface area contributed by atoms with Gasteiger partial charge in [-0.15, -0.1) is 0 Å². The van der Waals surface area contributed by atoms with E-state index in [0.29, 0.717) is 6.54 Å². The van der Waals surface area contributed by atoms with Crippen molar-refractivity contribution in [3.63, 3.8) is 0 Å². The van der Waals surface area contributed by atoms with Crippen LogP contribution in [0.5, 0.6) is 5.75 Å². The lowest BCUT2D eigenvalue weighted by Gasteiger charge is -2.38. The zero-order valence-corrected chi connectivity index (χ0v) is 16.6. The van der Waals surface area contributed by atoms with Crippen molar-refractivity contribution in [1.82, 2.24) is 10.2 Å². The van der Waals surface area contributed by atoms with Gasteiger partial charge in [-0.25, -0.2) is 0 Å². The minimum atomic E-state index is -0.163. The number of nitrogens with zero attached hydrogens (tertiary/aromatic N) is 2. The summed E-state index contributed by atoms with van der Waals surface area (Å²) in [5.74, 6) is 0.842. The third kappa shape index (κ3) is 4.93. The van der Waals surface area contributed by atoms with Gasteiger partial charge in [-0.1, -0.05) is 35.9 Å². The van der Waals surface area contributed by atoms with Gasteiger partial charge < -0.3 is 15.0 Å². The fourth-order valence-corrected chi connectivity index (χ4v) is 3.60. The van der Waals surface area contributed by atoms with Gasteiger partial charge in [-0.05, 0) is 36.8 Å². The van der Waals surface area contributed by atoms with Gasteiger partial charge in [-0.3, -0.25) is 9.69 Å². The SMILES string of the molecule is COc1cccc(CNC(=O)C(C)N2CCN(c3ccccc3Cl)CC2)c1. The Kier molecular flexibility index (Phi) is 6.58. The molecule has 1 aliphatic rings. The second kappa shape index (κ2) is 9.11. The minimum absolute atomic E-state index is 0.0454. The summed E-state index contributed by atoms with van der Waals surface area (Å²) in [5.41, 5.74) is 2.09. The van der Waals surface area contributed by atoms with Crippen LogP contribution in [-0.2, 0) is 11.3 Å². The number of hydrogen-bond donors (Lipinski definition) is 1. The van der Waals surface area contributed by atoms with Crippen LogP contribution >= 0.6 is 11.6 Å². The molecule has 0 spiro atoms. The van der Waals surface area contributed by atoms with E-state index in [1.807, 2.05) is 55.5 Å². The van der Waals surface area contributed by atoms with Crippen molar-refractivity contribution in [3.05, 3.63) is 59.1 Å². The fraction of sp³-hybridized carbons (Fsp3) is 0.381. The van der Waals surface area contributed by atoms with Gasteiger partial charge in [0.2, 0.25) is 5.91 Å². The van der Waals surface area contributed by atoms with Crippen LogP contribution in [0.3, 0.4) is 0 Å². The highest BCUT2D eigenvalue weighted by molar-refractivity contribution is 6.33. The molecule has 0 bridgehead atoms. The second-order valence-electron chi connectivity index (χ2n) is 6.72. The Morgan fingerprint density at radius 2 is 1.89 bits per heavy atom. The van der Waals surface area contributed by atoms with E-state index < -0.39 is 0 Å². The summed E-state index contributed by atoms with van der Waals surface area (Å²) < 4.78 is 5.22. The highest BCUT2D eigenvalue weighted by Gasteiger charge is 2.26. The number of methoxy groups -OCH3 is 1. The van der Waals surface area contributed by atoms with Crippen LogP contribution in [0, 0.1) is 0 Å². The van der Waals surface area contributed by atoms with E-state index in [2.05, 4.69) is 15.1 Å². The third-order valence-corrected chi connectivity index (χ3v) is 5.36. The van der Waals surface area contributed by atoms with E-state index in [-0.39, 0.29) is 11.9 Å². The molecule has 1 N–H and O–H groups in total. The van der Waals surface area contributed by atoms with Crippen molar-refractivity contribution in [2.75, 3.05) is 38.2 Å². The molecule has 2 aromatic rings. The van der Waals surface area contributed by atoms with Crippen LogP contribution < -0.4 is 15.0 Å². The molecular formula is C21H26ClN3O2. The molecule has 1 amide bonds. The van der Waals surface area contributed by atoms with Crippen molar-refractivity contribution in [1.29, 1.82) is 0 Å². The van der Waals surface area contributed by atoms with Gasteiger partial charge >= 0.3 is 0 Å². The average Bonchev–Trinajstić information content (AvgIpc) is 2.72. The topological polar surface area (TPSA) is 44.8 Å². The van der Waals surface area contributed by atoms with E-state index in [1.165, 1.54) is 0 Å². The number of para-hydroxylation sites is 1. The zero-order valence-electron chi connectivity index (χ0n) is 15.8. The number of anilines is 1. The first-order valence-corrected chi connectivity index (χ1v) is 9.60. The number of rotatable bonds is 6. The summed E-state index contributed by atoms with van der Waals surface area (Å²) in [6, 6.07) is 15.5. The molecule has 27 heavy (non-hydrogen) atoms. The molecular weight excluding hydrogens is 362 g/mol. The summed E-state index contributed by atoms with van der Waals surface area (Å²) in [5, 5.41) is 3.80. The summed E-state index contributed by atoms with van der Waals surface area (Å²) in [6.07, 6.45) is 0. The maximum Gasteiger partial charge on any atom is 0.237 e. The maximum atomic E-state index is 12.6. The minimum Gasteiger partial charge on any atom is -0.497 e. The van der Waals surface area contributed by atoms with Crippen molar-refractivity contribution in [2.24, 2.45) is 0 Å². The molecule has 0 saturated carbocycles. The monoisotopic (exact) mass is 387 g/mol. The Bertz CT molecular complexity index is 776. The summed E-state index contributed by atoms with van der Waals surface area (Å²) in [4.78, 5) is 17.1. The third-order valence-electron chi connectivity index (χ3n) is 5.04. The Morgan fingerprint density at radius 3 is 2.59 bits per heavy atom. The predicted molar refractivity (Wildman–Crippen MR) is 110 cm³/mol. The van der Waals surface area contributed by atoms with Crippen LogP contribution in [0.1, 0.15) is 12.5 Å². The Labute approximate surface area is 165 Å². The van der Waals surface area contributed by atoms with E-state index in [9.17, 15) is 4.79 Å². The average molecular weight is 388 g/mol. The fourth-order valence-electron chi connectivity index (χ4n) is 3.34. The number of ether oxygens (including phenoxy) is 1. The molecule has 6 heteroatoms. The smallest absolute Gasteiger partial charge is 0.237 e. The van der Waals surface area contributed by atoms with Gasteiger partial charge in [-0.2, -0.15) is 0 Å². The standard InChI is InChI=1S/C21H26ClN3O2/c1-16(21(26)23-15-17-6-5-7-18(14-17)27-2)24-10-12-25(13-11-24)20-9-4-3-8-19(20)22/h3-9,14,16H,10-13,15H2,1-2H3,(H,23,26). The summed E-state index contributed by atoms with van der Waals surface area (Å²) >= 11 is 6.30. The van der Waals surface area contributed by atoms with Crippen LogP contribution in [0.2, 0.25) is 5.02 Å². The van der Waals surface area contributed by atoms with Gasteiger partial charge in [0.25, 0.3) is 0 Å². The lowest BCUT2D eigenvalue weighted by molar-refractivity contribution is -0.126. The number of nitrogens with one attached hydrogen (secondary N) is 1. The summed E-state index contributed by atoms with van der Waals surface area (Å²) in [7, 11) is 1.64. The van der Waals surface area contributed by atoms with Crippen molar-refractivity contribution < 1.29 is 9.53 Å². The highest BCUT2D eigenvalue weighted by atomic mass is 35.5. The van der Waals surface area contributed by atoms with Crippen LogP contribution in [0.25, 0.3) is 0 Å². The van der Waals surface area contributed by atoms with Crippen LogP contribution in [0.15, 0.2) is 48.5 Å².